The summed E-state index contributed by atoms with van der Waals surface area (Å²) < 4.78 is 0. The van der Waals surface area contributed by atoms with Crippen LogP contribution in [0.2, 0.25) is 0 Å². The minimum atomic E-state index is -0.550. The molecule has 0 radical (unpaired) electrons. The van der Waals surface area contributed by atoms with Crippen molar-refractivity contribution in [3.05, 3.63) is 35.9 Å². The molecule has 6 heteroatoms. The molecule has 0 saturated carbocycles. The highest BCUT2D eigenvalue weighted by molar-refractivity contribution is 7.20. The van der Waals surface area contributed by atoms with Crippen LogP contribution in [0, 0.1) is 0 Å². The Morgan fingerprint density at radius 3 is 2.29 bits per heavy atom. The number of amides is 2. The highest BCUT2D eigenvalue weighted by Crippen LogP contribution is 2.35. The van der Waals surface area contributed by atoms with Crippen molar-refractivity contribution in [3.8, 4) is 10.4 Å². The van der Waals surface area contributed by atoms with Crippen molar-refractivity contribution in [2.45, 2.75) is 6.92 Å². The first-order chi connectivity index (χ1) is 9.88. The van der Waals surface area contributed by atoms with Crippen molar-refractivity contribution in [3.63, 3.8) is 0 Å². The molecular formula is C15H17N3O2S. The number of rotatable bonds is 4. The second-order valence-electron chi connectivity index (χ2n) is 4.84. The van der Waals surface area contributed by atoms with Gasteiger partial charge in [0.25, 0.3) is 5.91 Å². The first kappa shape index (κ1) is 15.1. The summed E-state index contributed by atoms with van der Waals surface area (Å²) >= 11 is 1.34. The van der Waals surface area contributed by atoms with Gasteiger partial charge in [0, 0.05) is 31.6 Å². The van der Waals surface area contributed by atoms with Crippen molar-refractivity contribution < 1.29 is 9.59 Å². The maximum absolute atomic E-state index is 11.5. The van der Waals surface area contributed by atoms with Crippen LogP contribution in [0.3, 0.4) is 0 Å². The van der Waals surface area contributed by atoms with E-state index in [1.807, 2.05) is 43.3 Å². The molecule has 0 unspecified atom stereocenters. The third-order valence-corrected chi connectivity index (χ3v) is 4.05. The number of nitrogens with one attached hydrogen (secondary N) is 1. The molecule has 0 aliphatic carbocycles. The van der Waals surface area contributed by atoms with Crippen LogP contribution < -0.4 is 16.0 Å². The Morgan fingerprint density at radius 1 is 1.19 bits per heavy atom. The molecule has 2 amide bonds. The van der Waals surface area contributed by atoms with E-state index >= 15 is 0 Å². The lowest BCUT2D eigenvalue weighted by atomic mass is 10.1. The standard InChI is InChI=1S/C15H17N3O2S/c1-9(19)17-15-12(14(16)20)8-13(21-15)10-4-6-11(7-5-10)18(2)3/h4-8H,1-3H3,(H2,16,20)(H,17,19). The SMILES string of the molecule is CC(=O)Nc1sc(-c2ccc(N(C)C)cc2)cc1C(N)=O. The number of nitrogens with two attached hydrogens (primary N) is 1. The van der Waals surface area contributed by atoms with Gasteiger partial charge in [0.15, 0.2) is 0 Å². The number of hydrogen-bond donors (Lipinski definition) is 2. The van der Waals surface area contributed by atoms with Gasteiger partial charge in [-0.1, -0.05) is 12.1 Å². The number of hydrogen-bond acceptors (Lipinski definition) is 4. The number of thiophene rings is 1. The van der Waals surface area contributed by atoms with E-state index in [0.717, 1.165) is 16.1 Å². The third-order valence-electron chi connectivity index (χ3n) is 2.96. The van der Waals surface area contributed by atoms with Gasteiger partial charge in [-0.3, -0.25) is 9.59 Å². The fraction of sp³-hybridized carbons (Fsp3) is 0.200. The van der Waals surface area contributed by atoms with Crippen LogP contribution in [0.25, 0.3) is 10.4 Å². The van der Waals surface area contributed by atoms with E-state index < -0.39 is 5.91 Å². The Balaban J connectivity index is 2.39. The molecule has 1 heterocycles. The van der Waals surface area contributed by atoms with Crippen molar-refractivity contribution in [2.75, 3.05) is 24.3 Å². The fourth-order valence-corrected chi connectivity index (χ4v) is 3.01. The molecular weight excluding hydrogens is 286 g/mol. The molecule has 0 aliphatic heterocycles. The number of carbonyl (C=O) groups is 2. The van der Waals surface area contributed by atoms with Gasteiger partial charge in [-0.15, -0.1) is 11.3 Å². The number of primary amides is 1. The quantitative estimate of drug-likeness (QED) is 0.911. The molecule has 0 bridgehead atoms. The lowest BCUT2D eigenvalue weighted by molar-refractivity contribution is -0.114. The normalized spacial score (nSPS) is 10.2. The van der Waals surface area contributed by atoms with E-state index in [2.05, 4.69) is 5.32 Å². The minimum absolute atomic E-state index is 0.228. The summed E-state index contributed by atoms with van der Waals surface area (Å²) in [4.78, 5) is 25.6. The minimum Gasteiger partial charge on any atom is -0.378 e. The molecule has 1 aromatic carbocycles. The lowest BCUT2D eigenvalue weighted by Gasteiger charge is -2.12. The van der Waals surface area contributed by atoms with Crippen LogP contribution in [0.1, 0.15) is 17.3 Å². The highest BCUT2D eigenvalue weighted by atomic mass is 32.1. The molecule has 1 aromatic heterocycles. The Labute approximate surface area is 127 Å². The van der Waals surface area contributed by atoms with Gasteiger partial charge in [0.05, 0.1) is 5.56 Å². The van der Waals surface area contributed by atoms with Gasteiger partial charge in [-0.2, -0.15) is 0 Å². The van der Waals surface area contributed by atoms with E-state index in [0.29, 0.717) is 10.6 Å². The number of carbonyl (C=O) groups excluding carboxylic acids is 2. The number of nitrogens with zero attached hydrogens (tertiary/aromatic N) is 1. The molecule has 0 aliphatic rings. The Kier molecular flexibility index (Phi) is 4.28. The smallest absolute Gasteiger partial charge is 0.251 e. The Hall–Kier alpha value is -2.34. The van der Waals surface area contributed by atoms with Crippen molar-refractivity contribution >= 4 is 33.8 Å². The average Bonchev–Trinajstić information content (AvgIpc) is 2.82. The van der Waals surface area contributed by atoms with Crippen LogP contribution in [0.15, 0.2) is 30.3 Å². The third kappa shape index (κ3) is 3.41. The zero-order chi connectivity index (χ0) is 15.6. The molecule has 5 nitrogen and oxygen atoms in total. The zero-order valence-corrected chi connectivity index (χ0v) is 13.0. The Morgan fingerprint density at radius 2 is 1.81 bits per heavy atom. The largest absolute Gasteiger partial charge is 0.378 e. The molecule has 3 N–H and O–H groups in total. The van der Waals surface area contributed by atoms with E-state index in [4.69, 9.17) is 5.73 Å². The van der Waals surface area contributed by atoms with Gasteiger partial charge >= 0.3 is 0 Å². The van der Waals surface area contributed by atoms with Crippen LogP contribution in [-0.4, -0.2) is 25.9 Å². The molecule has 0 fully saturated rings. The molecule has 110 valence electrons. The molecule has 2 rings (SSSR count). The van der Waals surface area contributed by atoms with E-state index in [1.54, 1.807) is 6.07 Å². The van der Waals surface area contributed by atoms with Crippen molar-refractivity contribution in [1.82, 2.24) is 0 Å². The maximum Gasteiger partial charge on any atom is 0.251 e. The van der Waals surface area contributed by atoms with Crippen molar-refractivity contribution in [1.29, 1.82) is 0 Å². The van der Waals surface area contributed by atoms with Crippen LogP contribution in [0.5, 0.6) is 0 Å². The molecule has 0 spiro atoms. The first-order valence-corrected chi connectivity index (χ1v) is 7.19. The van der Waals surface area contributed by atoms with Gasteiger partial charge in [-0.25, -0.2) is 0 Å². The summed E-state index contributed by atoms with van der Waals surface area (Å²) in [5.74, 6) is -0.778. The monoisotopic (exact) mass is 303 g/mol. The summed E-state index contributed by atoms with van der Waals surface area (Å²) in [5, 5.41) is 3.13. The molecule has 0 saturated heterocycles. The van der Waals surface area contributed by atoms with Gasteiger partial charge in [-0.05, 0) is 23.8 Å². The van der Waals surface area contributed by atoms with Crippen LogP contribution >= 0.6 is 11.3 Å². The first-order valence-electron chi connectivity index (χ1n) is 6.37. The van der Waals surface area contributed by atoms with Crippen LogP contribution in [0.4, 0.5) is 10.7 Å². The maximum atomic E-state index is 11.5. The molecule has 2 aromatic rings. The second-order valence-corrected chi connectivity index (χ2v) is 5.89. The molecule has 0 atom stereocenters. The highest BCUT2D eigenvalue weighted by Gasteiger charge is 2.15. The van der Waals surface area contributed by atoms with Gasteiger partial charge in [0.1, 0.15) is 5.00 Å². The predicted octanol–water partition coefficient (Wildman–Crippen LogP) is 2.54. The zero-order valence-electron chi connectivity index (χ0n) is 12.1. The second kappa shape index (κ2) is 5.97. The van der Waals surface area contributed by atoms with Gasteiger partial charge in [0.2, 0.25) is 5.91 Å². The Bertz CT molecular complexity index is 675. The summed E-state index contributed by atoms with van der Waals surface area (Å²) in [6.07, 6.45) is 0. The van der Waals surface area contributed by atoms with Crippen LogP contribution in [-0.2, 0) is 4.79 Å². The summed E-state index contributed by atoms with van der Waals surface area (Å²) in [6, 6.07) is 9.66. The number of benzene rings is 1. The van der Waals surface area contributed by atoms with E-state index in [1.165, 1.54) is 18.3 Å². The van der Waals surface area contributed by atoms with Gasteiger partial charge < -0.3 is 16.0 Å². The average molecular weight is 303 g/mol. The summed E-state index contributed by atoms with van der Waals surface area (Å²) in [5.41, 5.74) is 7.76. The van der Waals surface area contributed by atoms with E-state index in [9.17, 15) is 9.59 Å². The number of anilines is 2. The molecule has 21 heavy (non-hydrogen) atoms. The lowest BCUT2D eigenvalue weighted by Crippen LogP contribution is -2.14. The topological polar surface area (TPSA) is 75.4 Å². The summed E-state index contributed by atoms with van der Waals surface area (Å²) in [6.45, 7) is 1.40. The van der Waals surface area contributed by atoms with E-state index in [-0.39, 0.29) is 5.91 Å². The predicted molar refractivity (Wildman–Crippen MR) is 86.9 cm³/mol. The summed E-state index contributed by atoms with van der Waals surface area (Å²) in [7, 11) is 3.94. The van der Waals surface area contributed by atoms with Crippen molar-refractivity contribution in [2.24, 2.45) is 5.73 Å². The fourth-order valence-electron chi connectivity index (χ4n) is 1.89.